The van der Waals surface area contributed by atoms with Crippen molar-refractivity contribution < 1.29 is 9.53 Å². The molecule has 104 valence electrons. The van der Waals surface area contributed by atoms with Gasteiger partial charge < -0.3 is 10.1 Å². The van der Waals surface area contributed by atoms with Crippen LogP contribution in [-0.4, -0.2) is 12.5 Å². The molecule has 3 nitrogen and oxygen atoms in total. The first-order valence-corrected chi connectivity index (χ1v) is 6.77. The maximum absolute atomic E-state index is 12.4. The Balaban J connectivity index is 0.000000704. The Hall–Kier alpha value is -2.29. The van der Waals surface area contributed by atoms with Crippen LogP contribution >= 0.6 is 0 Å². The van der Waals surface area contributed by atoms with Crippen LogP contribution in [0.15, 0.2) is 60.9 Å². The summed E-state index contributed by atoms with van der Waals surface area (Å²) in [6, 6.07) is 7.67. The SMILES string of the molecule is C=CC1=C(C=C)C2(CO1)C(=O)Nc1ccccc12.CC. The van der Waals surface area contributed by atoms with Gasteiger partial charge in [0.05, 0.1) is 0 Å². The number of benzene rings is 1. The Morgan fingerprint density at radius 2 is 1.95 bits per heavy atom. The fourth-order valence-electron chi connectivity index (χ4n) is 2.72. The number of nitrogens with one attached hydrogen (secondary N) is 1. The van der Waals surface area contributed by atoms with E-state index in [9.17, 15) is 4.79 Å². The van der Waals surface area contributed by atoms with Gasteiger partial charge in [-0.2, -0.15) is 0 Å². The molecule has 0 radical (unpaired) electrons. The second-order valence-electron chi connectivity index (χ2n) is 4.38. The molecule has 1 aromatic carbocycles. The summed E-state index contributed by atoms with van der Waals surface area (Å²) in [5.74, 6) is 0.576. The Labute approximate surface area is 119 Å². The van der Waals surface area contributed by atoms with Gasteiger partial charge in [-0.15, -0.1) is 0 Å². The predicted octanol–water partition coefficient (Wildman–Crippen LogP) is 3.56. The standard InChI is InChI=1S/C15H13NO2.C2H6/c1-3-10-13(4-2)18-9-15(10)11-7-5-6-8-12(11)16-14(15)17;1-2/h3-8H,1-2,9H2,(H,16,17);1-2H3. The fourth-order valence-corrected chi connectivity index (χ4v) is 2.72. The van der Waals surface area contributed by atoms with E-state index < -0.39 is 5.41 Å². The number of hydrogen-bond donors (Lipinski definition) is 1. The topological polar surface area (TPSA) is 38.3 Å². The largest absolute Gasteiger partial charge is 0.491 e. The number of anilines is 1. The van der Waals surface area contributed by atoms with Gasteiger partial charge in [0.2, 0.25) is 5.91 Å². The lowest BCUT2D eigenvalue weighted by molar-refractivity contribution is -0.120. The second kappa shape index (κ2) is 5.37. The number of fused-ring (bicyclic) bond motifs is 2. The average Bonchev–Trinajstić information content (AvgIpc) is 3.01. The van der Waals surface area contributed by atoms with Crippen molar-refractivity contribution in [3.05, 3.63) is 66.5 Å². The van der Waals surface area contributed by atoms with Gasteiger partial charge in [0, 0.05) is 11.3 Å². The number of rotatable bonds is 2. The summed E-state index contributed by atoms with van der Waals surface area (Å²) in [6.07, 6.45) is 3.31. The summed E-state index contributed by atoms with van der Waals surface area (Å²) in [5.41, 5.74) is 1.82. The first kappa shape index (κ1) is 14.1. The highest BCUT2D eigenvalue weighted by Crippen LogP contribution is 2.48. The summed E-state index contributed by atoms with van der Waals surface area (Å²) in [4.78, 5) is 12.4. The number of para-hydroxylation sites is 1. The fraction of sp³-hybridized carbons (Fsp3) is 0.235. The zero-order valence-electron chi connectivity index (χ0n) is 11.9. The van der Waals surface area contributed by atoms with Crippen LogP contribution in [0.3, 0.4) is 0 Å². The van der Waals surface area contributed by atoms with Crippen LogP contribution in [0.4, 0.5) is 5.69 Å². The molecular formula is C17H19NO2. The average molecular weight is 269 g/mol. The molecule has 20 heavy (non-hydrogen) atoms. The van der Waals surface area contributed by atoms with E-state index >= 15 is 0 Å². The molecular weight excluding hydrogens is 250 g/mol. The van der Waals surface area contributed by atoms with Crippen molar-refractivity contribution in [2.24, 2.45) is 0 Å². The normalized spacial score (nSPS) is 22.6. The molecule has 3 heteroatoms. The van der Waals surface area contributed by atoms with Crippen molar-refractivity contribution in [1.82, 2.24) is 0 Å². The third kappa shape index (κ3) is 1.70. The van der Waals surface area contributed by atoms with Gasteiger partial charge in [0.25, 0.3) is 0 Å². The van der Waals surface area contributed by atoms with E-state index in [4.69, 9.17) is 4.74 Å². The zero-order chi connectivity index (χ0) is 14.8. The zero-order valence-corrected chi connectivity index (χ0v) is 11.9. The van der Waals surface area contributed by atoms with Crippen LogP contribution in [0, 0.1) is 0 Å². The minimum absolute atomic E-state index is 0.0598. The first-order chi connectivity index (χ1) is 9.74. The molecule has 0 aromatic heterocycles. The molecule has 2 aliphatic rings. The molecule has 2 aliphatic heterocycles. The van der Waals surface area contributed by atoms with Gasteiger partial charge in [-0.05, 0) is 17.7 Å². The third-order valence-corrected chi connectivity index (χ3v) is 3.58. The highest BCUT2D eigenvalue weighted by molar-refractivity contribution is 6.09. The molecule has 0 aliphatic carbocycles. The lowest BCUT2D eigenvalue weighted by Gasteiger charge is -2.21. The molecule has 0 saturated carbocycles. The quantitative estimate of drug-likeness (QED) is 0.891. The molecule has 1 unspecified atom stereocenters. The van der Waals surface area contributed by atoms with E-state index in [1.165, 1.54) is 0 Å². The first-order valence-electron chi connectivity index (χ1n) is 6.77. The van der Waals surface area contributed by atoms with Crippen LogP contribution in [0.2, 0.25) is 0 Å². The van der Waals surface area contributed by atoms with Crippen LogP contribution in [-0.2, 0) is 14.9 Å². The van der Waals surface area contributed by atoms with Crippen LogP contribution in [0.5, 0.6) is 0 Å². The lowest BCUT2D eigenvalue weighted by Crippen LogP contribution is -2.37. The molecule has 0 fully saturated rings. The van der Waals surface area contributed by atoms with E-state index in [0.717, 1.165) is 16.8 Å². The Kier molecular flexibility index (Phi) is 3.79. The van der Waals surface area contributed by atoms with Crippen molar-refractivity contribution in [1.29, 1.82) is 0 Å². The molecule has 3 rings (SSSR count). The van der Waals surface area contributed by atoms with Crippen molar-refractivity contribution >= 4 is 11.6 Å². The van der Waals surface area contributed by atoms with Gasteiger partial charge in [0.1, 0.15) is 17.8 Å². The Morgan fingerprint density at radius 1 is 1.25 bits per heavy atom. The molecule has 1 atom stereocenters. The van der Waals surface area contributed by atoms with Gasteiger partial charge >= 0.3 is 0 Å². The van der Waals surface area contributed by atoms with Crippen LogP contribution in [0.1, 0.15) is 19.4 Å². The third-order valence-electron chi connectivity index (χ3n) is 3.58. The maximum atomic E-state index is 12.4. The van der Waals surface area contributed by atoms with Crippen molar-refractivity contribution in [2.75, 3.05) is 11.9 Å². The van der Waals surface area contributed by atoms with Crippen molar-refractivity contribution in [2.45, 2.75) is 19.3 Å². The van der Waals surface area contributed by atoms with E-state index in [0.29, 0.717) is 12.4 Å². The van der Waals surface area contributed by atoms with Crippen LogP contribution in [0.25, 0.3) is 0 Å². The minimum atomic E-state index is -0.762. The molecule has 1 aromatic rings. The van der Waals surface area contributed by atoms with Gasteiger partial charge in [-0.1, -0.05) is 51.3 Å². The smallest absolute Gasteiger partial charge is 0.243 e. The highest BCUT2D eigenvalue weighted by Gasteiger charge is 2.53. The minimum Gasteiger partial charge on any atom is -0.491 e. The summed E-state index contributed by atoms with van der Waals surface area (Å²) in [7, 11) is 0. The number of carbonyl (C=O) groups is 1. The maximum Gasteiger partial charge on any atom is 0.243 e. The van der Waals surface area contributed by atoms with Gasteiger partial charge in [-0.25, -0.2) is 0 Å². The Morgan fingerprint density at radius 3 is 2.60 bits per heavy atom. The van der Waals surface area contributed by atoms with E-state index in [1.807, 2.05) is 38.1 Å². The summed E-state index contributed by atoms with van der Waals surface area (Å²) in [6.45, 7) is 11.8. The number of hydrogen-bond acceptors (Lipinski definition) is 2. The molecule has 0 bridgehead atoms. The molecule has 1 spiro atoms. The highest BCUT2D eigenvalue weighted by atomic mass is 16.5. The summed E-state index contributed by atoms with van der Waals surface area (Å²) in [5, 5.41) is 2.90. The summed E-state index contributed by atoms with van der Waals surface area (Å²) < 4.78 is 5.60. The van der Waals surface area contributed by atoms with Crippen molar-refractivity contribution in [3.8, 4) is 0 Å². The van der Waals surface area contributed by atoms with Gasteiger partial charge in [-0.3, -0.25) is 4.79 Å². The number of carbonyl (C=O) groups excluding carboxylic acids is 1. The van der Waals surface area contributed by atoms with Crippen molar-refractivity contribution in [3.63, 3.8) is 0 Å². The van der Waals surface area contributed by atoms with Gasteiger partial charge in [0.15, 0.2) is 0 Å². The molecule has 1 amide bonds. The number of ether oxygens (including phenoxy) is 1. The monoisotopic (exact) mass is 269 g/mol. The molecule has 0 saturated heterocycles. The lowest BCUT2D eigenvalue weighted by atomic mass is 9.76. The predicted molar refractivity (Wildman–Crippen MR) is 81.5 cm³/mol. The number of amides is 1. The Bertz CT molecular complexity index is 601. The van der Waals surface area contributed by atoms with Crippen LogP contribution < -0.4 is 5.32 Å². The van der Waals surface area contributed by atoms with E-state index in [2.05, 4.69) is 18.5 Å². The van der Waals surface area contributed by atoms with E-state index in [-0.39, 0.29) is 5.91 Å². The molecule has 1 N–H and O–H groups in total. The molecule has 2 heterocycles. The summed E-state index contributed by atoms with van der Waals surface area (Å²) >= 11 is 0. The van der Waals surface area contributed by atoms with E-state index in [1.54, 1.807) is 12.2 Å². The second-order valence-corrected chi connectivity index (χ2v) is 4.38. The number of allylic oxidation sites excluding steroid dienone is 2.